The van der Waals surface area contributed by atoms with Gasteiger partial charge in [0.1, 0.15) is 0 Å². The van der Waals surface area contributed by atoms with Crippen molar-refractivity contribution in [3.8, 4) is 0 Å². The third-order valence-electron chi connectivity index (χ3n) is 3.34. The molecule has 1 atom stereocenters. The molecule has 1 aromatic rings. The molecule has 1 fully saturated rings. The number of amides is 1. The average molecular weight is 248 g/mol. The van der Waals surface area contributed by atoms with Gasteiger partial charge in [0.25, 0.3) is 0 Å². The highest BCUT2D eigenvalue weighted by Gasteiger charge is 2.21. The fourth-order valence-electron chi connectivity index (χ4n) is 2.22. The molecule has 0 saturated carbocycles. The van der Waals surface area contributed by atoms with Gasteiger partial charge in [-0.3, -0.25) is 4.79 Å². The van der Waals surface area contributed by atoms with Gasteiger partial charge in [0.05, 0.1) is 13.2 Å². The minimum atomic E-state index is 0.113. The monoisotopic (exact) mass is 248 g/mol. The van der Waals surface area contributed by atoms with Crippen LogP contribution in [-0.2, 0) is 9.53 Å². The predicted molar refractivity (Wildman–Crippen MR) is 70.3 cm³/mol. The van der Waals surface area contributed by atoms with Crippen molar-refractivity contribution >= 4 is 5.91 Å². The van der Waals surface area contributed by atoms with E-state index in [2.05, 4.69) is 0 Å². The maximum absolute atomic E-state index is 12.2. The van der Waals surface area contributed by atoms with Crippen LogP contribution in [0.25, 0.3) is 0 Å². The van der Waals surface area contributed by atoms with E-state index < -0.39 is 0 Å². The van der Waals surface area contributed by atoms with Crippen LogP contribution in [0.2, 0.25) is 0 Å². The SMILES string of the molecule is NC[C@@H](CC(=O)N1CCOCC1)c1ccccc1. The van der Waals surface area contributed by atoms with Gasteiger partial charge in [0.2, 0.25) is 5.91 Å². The average Bonchev–Trinajstić information content (AvgIpc) is 2.46. The summed E-state index contributed by atoms with van der Waals surface area (Å²) in [6.07, 6.45) is 0.487. The van der Waals surface area contributed by atoms with E-state index in [1.807, 2.05) is 35.2 Å². The lowest BCUT2D eigenvalue weighted by molar-refractivity contribution is -0.135. The number of rotatable bonds is 4. The van der Waals surface area contributed by atoms with E-state index in [0.717, 1.165) is 5.56 Å². The summed E-state index contributed by atoms with van der Waals surface area (Å²) in [5.41, 5.74) is 6.93. The minimum absolute atomic E-state index is 0.113. The number of benzene rings is 1. The summed E-state index contributed by atoms with van der Waals surface area (Å²) >= 11 is 0. The summed E-state index contributed by atoms with van der Waals surface area (Å²) in [4.78, 5) is 14.0. The van der Waals surface area contributed by atoms with Crippen molar-refractivity contribution in [1.82, 2.24) is 4.90 Å². The van der Waals surface area contributed by atoms with Gasteiger partial charge in [-0.05, 0) is 12.1 Å². The molecule has 1 amide bonds. The summed E-state index contributed by atoms with van der Waals surface area (Å²) in [5, 5.41) is 0. The predicted octanol–water partition coefficient (Wildman–Crippen LogP) is 0.978. The van der Waals surface area contributed by atoms with Crippen LogP contribution in [0.1, 0.15) is 17.9 Å². The van der Waals surface area contributed by atoms with E-state index >= 15 is 0 Å². The molecule has 2 N–H and O–H groups in total. The molecule has 0 aliphatic carbocycles. The lowest BCUT2D eigenvalue weighted by Crippen LogP contribution is -2.41. The first kappa shape index (κ1) is 13.1. The fraction of sp³-hybridized carbons (Fsp3) is 0.500. The Morgan fingerprint density at radius 1 is 1.28 bits per heavy atom. The van der Waals surface area contributed by atoms with Crippen LogP contribution in [0, 0.1) is 0 Å². The zero-order valence-electron chi connectivity index (χ0n) is 10.5. The summed E-state index contributed by atoms with van der Waals surface area (Å²) in [5.74, 6) is 0.291. The Morgan fingerprint density at radius 3 is 2.56 bits per heavy atom. The van der Waals surface area contributed by atoms with Gasteiger partial charge >= 0.3 is 0 Å². The van der Waals surface area contributed by atoms with Gasteiger partial charge in [0.15, 0.2) is 0 Å². The standard InChI is InChI=1S/C14H20N2O2/c15-11-13(12-4-2-1-3-5-12)10-14(17)16-6-8-18-9-7-16/h1-5,13H,6-11,15H2/t13-/m1/s1. The van der Waals surface area contributed by atoms with Crippen LogP contribution in [0.5, 0.6) is 0 Å². The number of nitrogens with zero attached hydrogens (tertiary/aromatic N) is 1. The van der Waals surface area contributed by atoms with E-state index in [4.69, 9.17) is 10.5 Å². The lowest BCUT2D eigenvalue weighted by Gasteiger charge is -2.28. The highest BCUT2D eigenvalue weighted by molar-refractivity contribution is 5.77. The van der Waals surface area contributed by atoms with E-state index in [0.29, 0.717) is 39.3 Å². The van der Waals surface area contributed by atoms with Gasteiger partial charge in [-0.1, -0.05) is 30.3 Å². The molecule has 1 aliphatic heterocycles. The zero-order valence-corrected chi connectivity index (χ0v) is 10.5. The fourth-order valence-corrected chi connectivity index (χ4v) is 2.22. The van der Waals surface area contributed by atoms with Crippen molar-refractivity contribution in [2.75, 3.05) is 32.8 Å². The third kappa shape index (κ3) is 3.31. The molecule has 1 aliphatic rings. The van der Waals surface area contributed by atoms with Crippen molar-refractivity contribution in [1.29, 1.82) is 0 Å². The van der Waals surface area contributed by atoms with Crippen LogP contribution in [0.3, 0.4) is 0 Å². The second kappa shape index (κ2) is 6.52. The first-order valence-electron chi connectivity index (χ1n) is 6.42. The molecule has 0 radical (unpaired) electrons. The van der Waals surface area contributed by atoms with Crippen molar-refractivity contribution in [3.63, 3.8) is 0 Å². The van der Waals surface area contributed by atoms with E-state index in [1.165, 1.54) is 0 Å². The maximum atomic E-state index is 12.2. The molecular formula is C14H20N2O2. The number of hydrogen-bond donors (Lipinski definition) is 1. The number of ether oxygens (including phenoxy) is 1. The Labute approximate surface area is 108 Å². The van der Waals surface area contributed by atoms with Crippen molar-refractivity contribution < 1.29 is 9.53 Å². The highest BCUT2D eigenvalue weighted by atomic mass is 16.5. The van der Waals surface area contributed by atoms with Gasteiger partial charge in [-0.2, -0.15) is 0 Å². The molecule has 2 rings (SSSR count). The molecule has 1 heterocycles. The van der Waals surface area contributed by atoms with Crippen molar-refractivity contribution in [3.05, 3.63) is 35.9 Å². The molecule has 1 aromatic carbocycles. The second-order valence-electron chi connectivity index (χ2n) is 4.54. The molecule has 4 nitrogen and oxygen atoms in total. The zero-order chi connectivity index (χ0) is 12.8. The van der Waals surface area contributed by atoms with Gasteiger partial charge in [-0.25, -0.2) is 0 Å². The van der Waals surface area contributed by atoms with Gasteiger partial charge in [-0.15, -0.1) is 0 Å². The topological polar surface area (TPSA) is 55.6 Å². The summed E-state index contributed by atoms with van der Waals surface area (Å²) in [6, 6.07) is 10.0. The van der Waals surface area contributed by atoms with Gasteiger partial charge < -0.3 is 15.4 Å². The van der Waals surface area contributed by atoms with E-state index in [9.17, 15) is 4.79 Å². The number of hydrogen-bond acceptors (Lipinski definition) is 3. The normalized spacial score (nSPS) is 17.5. The van der Waals surface area contributed by atoms with Crippen LogP contribution in [-0.4, -0.2) is 43.7 Å². The lowest BCUT2D eigenvalue weighted by atomic mass is 9.95. The van der Waals surface area contributed by atoms with Crippen LogP contribution in [0.4, 0.5) is 0 Å². The Morgan fingerprint density at radius 2 is 1.94 bits per heavy atom. The number of carbonyl (C=O) groups excluding carboxylic acids is 1. The Bertz CT molecular complexity index is 375. The quantitative estimate of drug-likeness (QED) is 0.864. The molecule has 98 valence electrons. The van der Waals surface area contributed by atoms with Crippen molar-refractivity contribution in [2.24, 2.45) is 5.73 Å². The molecule has 0 unspecified atom stereocenters. The molecule has 0 spiro atoms. The summed E-state index contributed by atoms with van der Waals surface area (Å²) in [6.45, 7) is 3.19. The third-order valence-corrected chi connectivity index (χ3v) is 3.34. The number of nitrogens with two attached hydrogens (primary N) is 1. The van der Waals surface area contributed by atoms with E-state index in [-0.39, 0.29) is 11.8 Å². The highest BCUT2D eigenvalue weighted by Crippen LogP contribution is 2.19. The summed E-state index contributed by atoms with van der Waals surface area (Å²) in [7, 11) is 0. The maximum Gasteiger partial charge on any atom is 0.223 e. The summed E-state index contributed by atoms with van der Waals surface area (Å²) < 4.78 is 5.25. The van der Waals surface area contributed by atoms with Crippen molar-refractivity contribution in [2.45, 2.75) is 12.3 Å². The van der Waals surface area contributed by atoms with Crippen LogP contribution < -0.4 is 5.73 Å². The first-order chi connectivity index (χ1) is 8.81. The first-order valence-corrected chi connectivity index (χ1v) is 6.42. The van der Waals surface area contributed by atoms with Gasteiger partial charge in [0, 0.05) is 25.4 Å². The molecular weight excluding hydrogens is 228 g/mol. The molecule has 0 aromatic heterocycles. The Balaban J connectivity index is 1.95. The number of carbonyl (C=O) groups is 1. The van der Waals surface area contributed by atoms with Crippen LogP contribution in [0.15, 0.2) is 30.3 Å². The smallest absolute Gasteiger partial charge is 0.223 e. The minimum Gasteiger partial charge on any atom is -0.378 e. The number of morpholine rings is 1. The second-order valence-corrected chi connectivity index (χ2v) is 4.54. The Kier molecular flexibility index (Phi) is 4.73. The van der Waals surface area contributed by atoms with E-state index in [1.54, 1.807) is 0 Å². The van der Waals surface area contributed by atoms with Crippen LogP contribution >= 0.6 is 0 Å². The molecule has 0 bridgehead atoms. The largest absolute Gasteiger partial charge is 0.378 e. The Hall–Kier alpha value is -1.39. The molecule has 18 heavy (non-hydrogen) atoms. The molecule has 4 heteroatoms. The molecule has 1 saturated heterocycles.